The van der Waals surface area contributed by atoms with Crippen LogP contribution in [0, 0.1) is 11.8 Å². The first-order valence-corrected chi connectivity index (χ1v) is 8.63. The molecule has 3 atom stereocenters. The van der Waals surface area contributed by atoms with Gasteiger partial charge in [0, 0.05) is 24.9 Å². The SMILES string of the molecule is CC1CCC(=O)C(CN(C)C2CCS(=O)(=O)C2)C1. The van der Waals surface area contributed by atoms with Gasteiger partial charge in [0.2, 0.25) is 0 Å². The summed E-state index contributed by atoms with van der Waals surface area (Å²) < 4.78 is 22.9. The molecule has 1 saturated heterocycles. The summed E-state index contributed by atoms with van der Waals surface area (Å²) in [4.78, 5) is 14.0. The Morgan fingerprint density at radius 3 is 2.67 bits per heavy atom. The maximum Gasteiger partial charge on any atom is 0.151 e. The molecule has 1 heterocycles. The molecule has 2 rings (SSSR count). The topological polar surface area (TPSA) is 54.5 Å². The van der Waals surface area contributed by atoms with Gasteiger partial charge in [-0.25, -0.2) is 8.42 Å². The molecule has 1 aliphatic carbocycles. The van der Waals surface area contributed by atoms with Crippen LogP contribution in [0.4, 0.5) is 0 Å². The van der Waals surface area contributed by atoms with Crippen LogP contribution in [0.15, 0.2) is 0 Å². The summed E-state index contributed by atoms with van der Waals surface area (Å²) in [5.74, 6) is 1.66. The molecule has 18 heavy (non-hydrogen) atoms. The molecular weight excluding hydrogens is 250 g/mol. The Morgan fingerprint density at radius 1 is 1.33 bits per heavy atom. The zero-order valence-corrected chi connectivity index (χ0v) is 12.1. The Morgan fingerprint density at radius 2 is 2.06 bits per heavy atom. The second kappa shape index (κ2) is 5.29. The van der Waals surface area contributed by atoms with Crippen molar-refractivity contribution in [3.8, 4) is 0 Å². The third-order valence-corrected chi connectivity index (χ3v) is 6.12. The maximum absolute atomic E-state index is 11.9. The Kier molecular flexibility index (Phi) is 4.11. The smallest absolute Gasteiger partial charge is 0.151 e. The van der Waals surface area contributed by atoms with Gasteiger partial charge in [0.05, 0.1) is 11.5 Å². The molecule has 0 aromatic carbocycles. The summed E-state index contributed by atoms with van der Waals surface area (Å²) in [6, 6.07) is 0.111. The maximum atomic E-state index is 11.9. The molecule has 1 saturated carbocycles. The normalized spacial score (nSPS) is 36.2. The Balaban J connectivity index is 1.91. The van der Waals surface area contributed by atoms with E-state index in [9.17, 15) is 13.2 Å². The highest BCUT2D eigenvalue weighted by molar-refractivity contribution is 7.91. The van der Waals surface area contributed by atoms with Crippen LogP contribution in [0.5, 0.6) is 0 Å². The van der Waals surface area contributed by atoms with Crippen LogP contribution in [0.3, 0.4) is 0 Å². The summed E-state index contributed by atoms with van der Waals surface area (Å²) in [5, 5.41) is 0. The van der Waals surface area contributed by atoms with Gasteiger partial charge in [0.1, 0.15) is 5.78 Å². The molecular formula is C13H23NO3S. The molecule has 0 amide bonds. The zero-order valence-electron chi connectivity index (χ0n) is 11.3. The molecule has 0 radical (unpaired) electrons. The molecule has 4 nitrogen and oxygen atoms in total. The average molecular weight is 273 g/mol. The van der Waals surface area contributed by atoms with E-state index < -0.39 is 9.84 Å². The first kappa shape index (κ1) is 14.0. The average Bonchev–Trinajstić information content (AvgIpc) is 2.64. The first-order chi connectivity index (χ1) is 8.37. The standard InChI is InChI=1S/C13H23NO3S/c1-10-3-4-13(15)11(7-10)8-14(2)12-5-6-18(16,17)9-12/h10-12H,3-9H2,1-2H3. The van der Waals surface area contributed by atoms with Crippen molar-refractivity contribution < 1.29 is 13.2 Å². The highest BCUT2D eigenvalue weighted by Crippen LogP contribution is 2.27. The van der Waals surface area contributed by atoms with Crippen LogP contribution >= 0.6 is 0 Å². The molecule has 2 fully saturated rings. The number of Topliss-reactive ketones (excluding diaryl/α,β-unsaturated/α-hetero) is 1. The fraction of sp³-hybridized carbons (Fsp3) is 0.923. The monoisotopic (exact) mass is 273 g/mol. The van der Waals surface area contributed by atoms with E-state index in [2.05, 4.69) is 11.8 Å². The van der Waals surface area contributed by atoms with E-state index in [0.717, 1.165) is 25.8 Å². The summed E-state index contributed by atoms with van der Waals surface area (Å²) in [7, 11) is -0.876. The van der Waals surface area contributed by atoms with Crippen molar-refractivity contribution in [2.75, 3.05) is 25.1 Å². The first-order valence-electron chi connectivity index (χ1n) is 6.81. The lowest BCUT2D eigenvalue weighted by atomic mass is 9.81. The van der Waals surface area contributed by atoms with Crippen LogP contribution in [0.25, 0.3) is 0 Å². The third-order valence-electron chi connectivity index (χ3n) is 4.37. The molecule has 2 aliphatic rings. The minimum Gasteiger partial charge on any atom is -0.302 e. The lowest BCUT2D eigenvalue weighted by Gasteiger charge is -2.31. The number of ketones is 1. The summed E-state index contributed by atoms with van der Waals surface area (Å²) in [6.07, 6.45) is 3.39. The summed E-state index contributed by atoms with van der Waals surface area (Å²) in [5.41, 5.74) is 0. The third kappa shape index (κ3) is 3.32. The summed E-state index contributed by atoms with van der Waals surface area (Å²) in [6.45, 7) is 2.92. The Hall–Kier alpha value is -0.420. The van der Waals surface area contributed by atoms with Crippen LogP contribution in [0.1, 0.15) is 32.6 Å². The molecule has 5 heteroatoms. The molecule has 0 N–H and O–H groups in total. The predicted molar refractivity (Wildman–Crippen MR) is 71.2 cm³/mol. The van der Waals surface area contributed by atoms with E-state index in [-0.39, 0.29) is 17.7 Å². The highest BCUT2D eigenvalue weighted by atomic mass is 32.2. The number of carbonyl (C=O) groups excluding carboxylic acids is 1. The van der Waals surface area contributed by atoms with Crippen molar-refractivity contribution in [3.05, 3.63) is 0 Å². The lowest BCUT2D eigenvalue weighted by Crippen LogP contribution is -2.40. The van der Waals surface area contributed by atoms with Gasteiger partial charge >= 0.3 is 0 Å². The number of rotatable bonds is 3. The molecule has 3 unspecified atom stereocenters. The molecule has 1 aliphatic heterocycles. The van der Waals surface area contributed by atoms with Crippen molar-refractivity contribution in [1.82, 2.24) is 4.90 Å². The Labute approximate surface area is 110 Å². The van der Waals surface area contributed by atoms with E-state index in [1.54, 1.807) is 0 Å². The fourth-order valence-corrected chi connectivity index (χ4v) is 4.93. The quantitative estimate of drug-likeness (QED) is 0.773. The van der Waals surface area contributed by atoms with Crippen LogP contribution < -0.4 is 0 Å². The fourth-order valence-electron chi connectivity index (χ4n) is 3.12. The number of carbonyl (C=O) groups is 1. The molecule has 0 aromatic heterocycles. The van der Waals surface area contributed by atoms with Crippen molar-refractivity contribution >= 4 is 15.6 Å². The minimum atomic E-state index is -2.83. The van der Waals surface area contributed by atoms with Crippen molar-refractivity contribution in [2.24, 2.45) is 11.8 Å². The van der Waals surface area contributed by atoms with Gasteiger partial charge < -0.3 is 4.90 Å². The van der Waals surface area contributed by atoms with Crippen molar-refractivity contribution in [3.63, 3.8) is 0 Å². The molecule has 104 valence electrons. The highest BCUT2D eigenvalue weighted by Gasteiger charge is 2.33. The van der Waals surface area contributed by atoms with Gasteiger partial charge in [-0.15, -0.1) is 0 Å². The lowest BCUT2D eigenvalue weighted by molar-refractivity contribution is -0.126. The van der Waals surface area contributed by atoms with Gasteiger partial charge in [-0.2, -0.15) is 0 Å². The van der Waals surface area contributed by atoms with E-state index in [0.29, 0.717) is 23.9 Å². The van der Waals surface area contributed by atoms with E-state index in [1.165, 1.54) is 0 Å². The predicted octanol–water partition coefficient (Wildman–Crippen LogP) is 1.11. The van der Waals surface area contributed by atoms with E-state index in [4.69, 9.17) is 0 Å². The molecule has 0 aromatic rings. The van der Waals surface area contributed by atoms with Crippen LogP contribution in [-0.4, -0.2) is 50.2 Å². The largest absolute Gasteiger partial charge is 0.302 e. The van der Waals surface area contributed by atoms with Gasteiger partial charge in [-0.05, 0) is 32.2 Å². The van der Waals surface area contributed by atoms with Crippen molar-refractivity contribution in [1.29, 1.82) is 0 Å². The van der Waals surface area contributed by atoms with E-state index in [1.807, 2.05) is 7.05 Å². The number of hydrogen-bond donors (Lipinski definition) is 0. The second-order valence-corrected chi connectivity index (χ2v) is 8.27. The van der Waals surface area contributed by atoms with Crippen LogP contribution in [0.2, 0.25) is 0 Å². The number of nitrogens with zero attached hydrogens (tertiary/aromatic N) is 1. The zero-order chi connectivity index (χ0) is 13.3. The van der Waals surface area contributed by atoms with Gasteiger partial charge in [-0.3, -0.25) is 4.79 Å². The second-order valence-electron chi connectivity index (χ2n) is 6.04. The number of hydrogen-bond acceptors (Lipinski definition) is 4. The summed E-state index contributed by atoms with van der Waals surface area (Å²) >= 11 is 0. The van der Waals surface area contributed by atoms with Crippen molar-refractivity contribution in [2.45, 2.75) is 38.6 Å². The number of sulfone groups is 1. The van der Waals surface area contributed by atoms with E-state index >= 15 is 0 Å². The minimum absolute atomic E-state index is 0.111. The molecule has 0 bridgehead atoms. The molecule has 0 spiro atoms. The van der Waals surface area contributed by atoms with Gasteiger partial charge in [-0.1, -0.05) is 6.92 Å². The van der Waals surface area contributed by atoms with Crippen LogP contribution in [-0.2, 0) is 14.6 Å². The van der Waals surface area contributed by atoms with Gasteiger partial charge in [0.25, 0.3) is 0 Å². The Bertz CT molecular complexity index is 418. The van der Waals surface area contributed by atoms with Gasteiger partial charge in [0.15, 0.2) is 9.84 Å².